The Hall–Kier alpha value is -5.74. The normalized spacial score (nSPS) is 31.2. The highest BCUT2D eigenvalue weighted by atomic mass is 16.7. The van der Waals surface area contributed by atoms with Crippen LogP contribution in [0.2, 0.25) is 0 Å². The first-order chi connectivity index (χ1) is 36.3. The summed E-state index contributed by atoms with van der Waals surface area (Å²) in [5, 5.41) is 87.8. The molecular weight excluding hydrogens is 1030 g/mol. The van der Waals surface area contributed by atoms with Crippen molar-refractivity contribution < 1.29 is 103 Å². The molecule has 5 fully saturated rings. The predicted molar refractivity (Wildman–Crippen MR) is 257 cm³/mol. The minimum absolute atomic E-state index is 0.0559. The number of nitrogens with one attached hydrogen (secondary N) is 6. The van der Waals surface area contributed by atoms with Crippen molar-refractivity contribution in [1.29, 1.82) is 0 Å². The van der Waals surface area contributed by atoms with Crippen LogP contribution in [-0.4, -0.2) is 265 Å². The maximum absolute atomic E-state index is 14.5. The number of aliphatic hydroxyl groups is 7. The SMILES string of the molecule is CC(=O)NC1[C@@H](OC(C)C(NC(=O)C(CO)NC(=O)CNC(=O)C2CCCN2C(C)=O)C(=O)NC(C)C(=O)N2CCCC2C(=O)N2CCCC2C(=O)NC(C)C(N)=O)OC(CO)[C@H](O)[C@@H]1O[C@@H]1OC(CO)[C@H](O)[C@H](O)C1O. The summed E-state index contributed by atoms with van der Waals surface area (Å²) in [5.74, 6) is -7.88. The Labute approximate surface area is 442 Å². The number of amides is 10. The number of likely N-dealkylation sites (tertiary alicyclic amines) is 3. The molecule has 0 bridgehead atoms. The maximum atomic E-state index is 14.5. The number of rotatable bonds is 22. The summed E-state index contributed by atoms with van der Waals surface area (Å²) in [6.45, 7) is 3.15. The Morgan fingerprint density at radius 1 is 0.649 bits per heavy atom. The molecule has 10 amide bonds. The quantitative estimate of drug-likeness (QED) is 0.0479. The molecular formula is C46H74N10O21. The van der Waals surface area contributed by atoms with Crippen LogP contribution in [0.4, 0.5) is 0 Å². The molecule has 5 aliphatic rings. The highest BCUT2D eigenvalue weighted by molar-refractivity contribution is 5.98. The minimum atomic E-state index is -2.02. The van der Waals surface area contributed by atoms with E-state index in [4.69, 9.17) is 24.7 Å². The molecule has 31 heteroatoms. The summed E-state index contributed by atoms with van der Waals surface area (Å²) in [7, 11) is 0. The van der Waals surface area contributed by atoms with Gasteiger partial charge in [0, 0.05) is 33.5 Å². The van der Waals surface area contributed by atoms with Crippen LogP contribution in [0.25, 0.3) is 0 Å². The molecule has 18 atom stereocenters. The first-order valence-electron chi connectivity index (χ1n) is 25.4. The smallest absolute Gasteiger partial charge is 0.246 e. The molecule has 5 aliphatic heterocycles. The van der Waals surface area contributed by atoms with Gasteiger partial charge in [0.25, 0.3) is 0 Å². The van der Waals surface area contributed by atoms with Gasteiger partial charge < -0.3 is 107 Å². The molecule has 5 rings (SSSR count). The van der Waals surface area contributed by atoms with Gasteiger partial charge in [-0.1, -0.05) is 0 Å². The number of carbonyl (C=O) groups excluding carboxylic acids is 10. The van der Waals surface area contributed by atoms with Gasteiger partial charge in [0.15, 0.2) is 12.6 Å². The third-order valence-electron chi connectivity index (χ3n) is 14.2. The van der Waals surface area contributed by atoms with Crippen LogP contribution in [0.15, 0.2) is 0 Å². The number of hydrogen-bond donors (Lipinski definition) is 14. The molecule has 0 aliphatic carbocycles. The summed E-state index contributed by atoms with van der Waals surface area (Å²) >= 11 is 0. The summed E-state index contributed by atoms with van der Waals surface area (Å²) in [4.78, 5) is 136. The molecule has 5 saturated heterocycles. The zero-order chi connectivity index (χ0) is 57.2. The lowest BCUT2D eigenvalue weighted by molar-refractivity contribution is -0.347. The number of carbonyl (C=O) groups is 10. The Kier molecular flexibility index (Phi) is 22.4. The van der Waals surface area contributed by atoms with Gasteiger partial charge in [-0.05, 0) is 59.3 Å². The third-order valence-corrected chi connectivity index (χ3v) is 14.2. The molecule has 0 spiro atoms. The average molecular weight is 1100 g/mol. The van der Waals surface area contributed by atoms with Gasteiger partial charge in [0.05, 0.1) is 32.5 Å². The number of primary amides is 1. The second-order valence-corrected chi connectivity index (χ2v) is 19.7. The van der Waals surface area contributed by atoms with Crippen LogP contribution in [0, 0.1) is 0 Å². The topological polar surface area (TPSA) is 457 Å². The van der Waals surface area contributed by atoms with E-state index < -0.39 is 189 Å². The number of ether oxygens (including phenoxy) is 4. The fraction of sp³-hybridized carbons (Fsp3) is 0.783. The van der Waals surface area contributed by atoms with Crippen molar-refractivity contribution in [2.75, 3.05) is 46.0 Å². The fourth-order valence-electron chi connectivity index (χ4n) is 9.93. The summed E-state index contributed by atoms with van der Waals surface area (Å²) in [6, 6.07) is -10.8. The van der Waals surface area contributed by atoms with Gasteiger partial charge in [-0.3, -0.25) is 47.9 Å². The first-order valence-corrected chi connectivity index (χ1v) is 25.4. The van der Waals surface area contributed by atoms with Crippen molar-refractivity contribution in [3.8, 4) is 0 Å². The van der Waals surface area contributed by atoms with E-state index in [0.29, 0.717) is 32.2 Å². The molecule has 0 aromatic rings. The van der Waals surface area contributed by atoms with E-state index in [1.54, 1.807) is 0 Å². The molecule has 0 aromatic carbocycles. The van der Waals surface area contributed by atoms with Gasteiger partial charge in [0.2, 0.25) is 59.1 Å². The maximum Gasteiger partial charge on any atom is 0.246 e. The van der Waals surface area contributed by atoms with E-state index in [1.165, 1.54) is 42.4 Å². The van der Waals surface area contributed by atoms with Crippen molar-refractivity contribution in [3.63, 3.8) is 0 Å². The van der Waals surface area contributed by atoms with Crippen molar-refractivity contribution in [2.45, 2.75) is 183 Å². The zero-order valence-electron chi connectivity index (χ0n) is 43.3. The molecule has 434 valence electrons. The lowest BCUT2D eigenvalue weighted by atomic mass is 9.95. The van der Waals surface area contributed by atoms with E-state index >= 15 is 0 Å². The second kappa shape index (κ2) is 27.7. The van der Waals surface area contributed by atoms with Gasteiger partial charge in [-0.15, -0.1) is 0 Å². The Morgan fingerprint density at radius 3 is 1.81 bits per heavy atom. The van der Waals surface area contributed by atoms with E-state index in [0.717, 1.165) is 6.92 Å². The van der Waals surface area contributed by atoms with E-state index in [-0.39, 0.29) is 31.8 Å². The van der Waals surface area contributed by atoms with Crippen LogP contribution >= 0.6 is 0 Å². The van der Waals surface area contributed by atoms with E-state index in [2.05, 4.69) is 31.9 Å². The third kappa shape index (κ3) is 15.1. The monoisotopic (exact) mass is 1100 g/mol. The standard InChI is InChI=1S/C46H74N10O21/c1-19(38(47)67)49-41(70)26-10-7-13-55(26)44(73)27-11-8-14-56(27)43(72)20(2)50-42(71)31(53-39(68)24(16-57)52-30(62)15-48-40(69)25-9-6-12-54(25)23(5)61)21(3)74-45-32(51-22(4)60)37(34(64)29(18-59)75-45)77-46-36(66)35(65)33(63)28(17-58)76-46/h19-21,24-29,31-37,45-46,57-59,63-66H,6-18H2,1-5H3,(H2,47,67)(H,48,69)(H,49,70)(H,50,71)(H,51,60)(H,52,62)(H,53,68)/t19?,20?,21?,24?,25?,26?,27?,28?,29?,31?,32?,33-,34-,35-,36?,37+,45-,46-/m0/s1. The highest BCUT2D eigenvalue weighted by Crippen LogP contribution is 2.31. The first kappa shape index (κ1) is 62.1. The predicted octanol–water partition coefficient (Wildman–Crippen LogP) is -9.27. The zero-order valence-corrected chi connectivity index (χ0v) is 43.3. The molecule has 31 nitrogen and oxygen atoms in total. The van der Waals surface area contributed by atoms with Gasteiger partial charge in [-0.2, -0.15) is 0 Å². The van der Waals surface area contributed by atoms with E-state index in [1.807, 2.05) is 0 Å². The van der Waals surface area contributed by atoms with Gasteiger partial charge in [-0.25, -0.2) is 0 Å². The molecule has 0 saturated carbocycles. The van der Waals surface area contributed by atoms with Crippen LogP contribution in [0.3, 0.4) is 0 Å². The van der Waals surface area contributed by atoms with Crippen molar-refractivity contribution in [3.05, 3.63) is 0 Å². The van der Waals surface area contributed by atoms with Gasteiger partial charge >= 0.3 is 0 Å². The second-order valence-electron chi connectivity index (χ2n) is 19.7. The van der Waals surface area contributed by atoms with Crippen molar-refractivity contribution >= 4 is 59.1 Å². The molecule has 15 N–H and O–H groups in total. The molecule has 0 aromatic heterocycles. The van der Waals surface area contributed by atoms with Crippen LogP contribution in [-0.2, 0) is 66.9 Å². The van der Waals surface area contributed by atoms with Crippen LogP contribution in [0.1, 0.15) is 73.1 Å². The van der Waals surface area contributed by atoms with Crippen molar-refractivity contribution in [2.24, 2.45) is 5.73 Å². The minimum Gasteiger partial charge on any atom is -0.394 e. The number of aliphatic hydroxyl groups excluding tert-OH is 7. The largest absolute Gasteiger partial charge is 0.394 e. The number of hydrogen-bond acceptors (Lipinski definition) is 21. The van der Waals surface area contributed by atoms with Crippen LogP contribution < -0.4 is 37.6 Å². The Bertz CT molecular complexity index is 2160. The highest BCUT2D eigenvalue weighted by Gasteiger charge is 2.53. The summed E-state index contributed by atoms with van der Waals surface area (Å²) in [6.07, 6.45) is -15.9. The van der Waals surface area contributed by atoms with Gasteiger partial charge in [0.1, 0.15) is 91.1 Å². The van der Waals surface area contributed by atoms with Crippen molar-refractivity contribution in [1.82, 2.24) is 46.6 Å². The lowest BCUT2D eigenvalue weighted by Gasteiger charge is -2.48. The average Bonchev–Trinajstić information content (AvgIpc) is 4.20. The van der Waals surface area contributed by atoms with Crippen LogP contribution in [0.5, 0.6) is 0 Å². The number of nitrogens with zero attached hydrogens (tertiary/aromatic N) is 3. The number of nitrogens with two attached hydrogens (primary N) is 1. The summed E-state index contributed by atoms with van der Waals surface area (Å²) in [5.41, 5.74) is 5.31. The molecule has 77 heavy (non-hydrogen) atoms. The summed E-state index contributed by atoms with van der Waals surface area (Å²) < 4.78 is 23.3. The lowest BCUT2D eigenvalue weighted by Crippen LogP contribution is -2.69. The fourth-order valence-corrected chi connectivity index (χ4v) is 9.93. The molecule has 0 radical (unpaired) electrons. The molecule has 5 heterocycles. The molecule has 12 unspecified atom stereocenters. The Balaban J connectivity index is 1.38. The van der Waals surface area contributed by atoms with E-state index in [9.17, 15) is 83.7 Å². The Morgan fingerprint density at radius 2 is 1.22 bits per heavy atom.